The molecule has 0 unspecified atom stereocenters. The molecule has 0 rings (SSSR count). The lowest BCUT2D eigenvalue weighted by atomic mass is 10.6. The van der Waals surface area contributed by atoms with Crippen molar-refractivity contribution in [3.8, 4) is 12.3 Å². The summed E-state index contributed by atoms with van der Waals surface area (Å²) in [5.41, 5.74) is 0. The maximum atomic E-state index is 5.31. The maximum Gasteiger partial charge on any atom is 0.107 e. The largest absolute Gasteiger partial charge is 0.377 e. The zero-order valence-corrected chi connectivity index (χ0v) is 11.5. The second-order valence-corrected chi connectivity index (χ2v) is 3.46. The molecule has 0 atom stereocenters. The Labute approximate surface area is 115 Å². The molecule has 0 spiro atoms. The topological polar surface area (TPSA) is 46.2 Å². The lowest BCUT2D eigenvalue weighted by molar-refractivity contribution is -0.00730. The summed E-state index contributed by atoms with van der Waals surface area (Å²) in [6, 6.07) is 0. The Hall–Kier alpha value is -0.900. The van der Waals surface area contributed by atoms with Crippen LogP contribution in [0.5, 0.6) is 0 Å². The van der Waals surface area contributed by atoms with Crippen molar-refractivity contribution in [2.24, 2.45) is 0 Å². The van der Waals surface area contributed by atoms with Crippen molar-refractivity contribution >= 4 is 0 Å². The second kappa shape index (κ2) is 17.1. The quantitative estimate of drug-likeness (QED) is 0.252. The summed E-state index contributed by atoms with van der Waals surface area (Å²) in [7, 11) is 0. The molecule has 0 saturated heterocycles. The summed E-state index contributed by atoms with van der Waals surface area (Å²) in [5.74, 6) is 2.38. The van der Waals surface area contributed by atoms with Gasteiger partial charge in [0.05, 0.1) is 59.5 Å². The molecule has 0 amide bonds. The Balaban J connectivity index is 2.91. The van der Waals surface area contributed by atoms with Gasteiger partial charge in [0.15, 0.2) is 0 Å². The third-order valence-electron chi connectivity index (χ3n) is 1.91. The summed E-state index contributed by atoms with van der Waals surface area (Å²) < 4.78 is 26.1. The van der Waals surface area contributed by atoms with Crippen molar-refractivity contribution in [3.63, 3.8) is 0 Å². The van der Waals surface area contributed by atoms with Gasteiger partial charge >= 0.3 is 0 Å². The average molecular weight is 272 g/mol. The molecule has 5 heteroatoms. The molecule has 110 valence electrons. The normalized spacial score (nSPS) is 10.3. The lowest BCUT2D eigenvalue weighted by Gasteiger charge is -2.07. The van der Waals surface area contributed by atoms with Crippen molar-refractivity contribution in [2.45, 2.75) is 0 Å². The highest BCUT2D eigenvalue weighted by Gasteiger charge is 1.92. The highest BCUT2D eigenvalue weighted by Crippen LogP contribution is 1.83. The van der Waals surface area contributed by atoms with E-state index in [4.69, 9.17) is 30.1 Å². The van der Waals surface area contributed by atoms with E-state index in [1.807, 2.05) is 0 Å². The summed E-state index contributed by atoms with van der Waals surface area (Å²) in [4.78, 5) is 0. The van der Waals surface area contributed by atoms with Crippen LogP contribution in [-0.4, -0.2) is 66.1 Å². The molecule has 0 N–H and O–H groups in total. The number of terminal acetylenes is 1. The Bertz CT molecular complexity index is 224. The highest BCUT2D eigenvalue weighted by atomic mass is 16.6. The van der Waals surface area contributed by atoms with E-state index >= 15 is 0 Å². The standard InChI is InChI=1S/C14H24O5/c1-3-5-15-7-9-17-11-13-19-14-12-18-10-8-16-6-4-2/h1,4H,2,5-14H2. The first kappa shape index (κ1) is 18.1. The van der Waals surface area contributed by atoms with Gasteiger partial charge in [0.2, 0.25) is 0 Å². The van der Waals surface area contributed by atoms with Gasteiger partial charge in [0.1, 0.15) is 6.61 Å². The molecule has 0 aliphatic carbocycles. The molecule has 0 aromatic carbocycles. The Kier molecular flexibility index (Phi) is 16.3. The molecule has 5 nitrogen and oxygen atoms in total. The van der Waals surface area contributed by atoms with Crippen LogP contribution in [0.3, 0.4) is 0 Å². The van der Waals surface area contributed by atoms with Crippen LogP contribution >= 0.6 is 0 Å². The van der Waals surface area contributed by atoms with E-state index in [-0.39, 0.29) is 0 Å². The third-order valence-corrected chi connectivity index (χ3v) is 1.91. The van der Waals surface area contributed by atoms with Crippen LogP contribution in [0.2, 0.25) is 0 Å². The Morgan fingerprint density at radius 1 is 0.737 bits per heavy atom. The highest BCUT2D eigenvalue weighted by molar-refractivity contribution is 4.82. The molecule has 0 aliphatic rings. The molecule has 0 aromatic heterocycles. The van der Waals surface area contributed by atoms with Crippen LogP contribution in [-0.2, 0) is 23.7 Å². The minimum Gasteiger partial charge on any atom is -0.377 e. The molecule has 0 aliphatic heterocycles. The fourth-order valence-corrected chi connectivity index (χ4v) is 1.08. The van der Waals surface area contributed by atoms with E-state index in [0.29, 0.717) is 66.1 Å². The predicted octanol–water partition coefficient (Wildman–Crippen LogP) is 0.889. The van der Waals surface area contributed by atoms with E-state index < -0.39 is 0 Å². The van der Waals surface area contributed by atoms with Crippen molar-refractivity contribution in [2.75, 3.05) is 66.1 Å². The SMILES string of the molecule is C#CCOCCOCCOCCOCCOCC=C. The van der Waals surface area contributed by atoms with Gasteiger partial charge in [-0.05, 0) is 0 Å². The van der Waals surface area contributed by atoms with Crippen molar-refractivity contribution in [3.05, 3.63) is 12.7 Å². The van der Waals surface area contributed by atoms with Crippen LogP contribution < -0.4 is 0 Å². The summed E-state index contributed by atoms with van der Waals surface area (Å²) in [5, 5.41) is 0. The molecule has 0 saturated carbocycles. The first-order valence-electron chi connectivity index (χ1n) is 6.35. The van der Waals surface area contributed by atoms with Gasteiger partial charge in [0.25, 0.3) is 0 Å². The van der Waals surface area contributed by atoms with Gasteiger partial charge in [0, 0.05) is 0 Å². The molecule has 0 bridgehead atoms. The maximum absolute atomic E-state index is 5.31. The molecular weight excluding hydrogens is 248 g/mol. The zero-order valence-electron chi connectivity index (χ0n) is 11.5. The van der Waals surface area contributed by atoms with E-state index in [9.17, 15) is 0 Å². The fraction of sp³-hybridized carbons (Fsp3) is 0.714. The predicted molar refractivity (Wildman–Crippen MR) is 73.1 cm³/mol. The van der Waals surface area contributed by atoms with Crippen LogP contribution in [0.4, 0.5) is 0 Å². The molecule has 0 fully saturated rings. The van der Waals surface area contributed by atoms with Crippen molar-refractivity contribution in [1.29, 1.82) is 0 Å². The van der Waals surface area contributed by atoms with Crippen LogP contribution in [0, 0.1) is 12.3 Å². The van der Waals surface area contributed by atoms with Crippen molar-refractivity contribution < 1.29 is 23.7 Å². The lowest BCUT2D eigenvalue weighted by Crippen LogP contribution is -2.13. The monoisotopic (exact) mass is 272 g/mol. The first-order valence-corrected chi connectivity index (χ1v) is 6.35. The second-order valence-electron chi connectivity index (χ2n) is 3.46. The molecule has 0 aromatic rings. The average Bonchev–Trinajstić information content (AvgIpc) is 2.43. The molecule has 0 radical (unpaired) electrons. The fourth-order valence-electron chi connectivity index (χ4n) is 1.08. The van der Waals surface area contributed by atoms with Crippen LogP contribution in [0.1, 0.15) is 0 Å². The number of hydrogen-bond donors (Lipinski definition) is 0. The van der Waals surface area contributed by atoms with Gasteiger partial charge in [-0.1, -0.05) is 12.0 Å². The van der Waals surface area contributed by atoms with E-state index in [1.165, 1.54) is 0 Å². The van der Waals surface area contributed by atoms with Gasteiger partial charge in [-0.25, -0.2) is 0 Å². The van der Waals surface area contributed by atoms with E-state index in [2.05, 4.69) is 12.5 Å². The third kappa shape index (κ3) is 17.1. The molecule has 0 heterocycles. The molecular formula is C14H24O5. The van der Waals surface area contributed by atoms with Crippen molar-refractivity contribution in [1.82, 2.24) is 0 Å². The van der Waals surface area contributed by atoms with Gasteiger partial charge in [-0.15, -0.1) is 13.0 Å². The first-order chi connectivity index (χ1) is 9.41. The summed E-state index contributed by atoms with van der Waals surface area (Å²) in [6.45, 7) is 8.83. The van der Waals surface area contributed by atoms with Gasteiger partial charge in [-0.3, -0.25) is 0 Å². The van der Waals surface area contributed by atoms with E-state index in [0.717, 1.165) is 0 Å². The number of ether oxygens (including phenoxy) is 5. The van der Waals surface area contributed by atoms with Gasteiger partial charge < -0.3 is 23.7 Å². The molecule has 19 heavy (non-hydrogen) atoms. The summed E-state index contributed by atoms with van der Waals surface area (Å²) >= 11 is 0. The number of rotatable bonds is 15. The Morgan fingerprint density at radius 2 is 1.16 bits per heavy atom. The summed E-state index contributed by atoms with van der Waals surface area (Å²) in [6.07, 6.45) is 6.73. The van der Waals surface area contributed by atoms with Crippen LogP contribution in [0.25, 0.3) is 0 Å². The zero-order chi connectivity index (χ0) is 14.0. The Morgan fingerprint density at radius 3 is 1.58 bits per heavy atom. The van der Waals surface area contributed by atoms with Gasteiger partial charge in [-0.2, -0.15) is 0 Å². The smallest absolute Gasteiger partial charge is 0.107 e. The van der Waals surface area contributed by atoms with E-state index in [1.54, 1.807) is 6.08 Å². The van der Waals surface area contributed by atoms with Crippen LogP contribution in [0.15, 0.2) is 12.7 Å². The number of hydrogen-bond acceptors (Lipinski definition) is 5. The minimum atomic E-state index is 0.327. The minimum absolute atomic E-state index is 0.327.